The van der Waals surface area contributed by atoms with E-state index in [0.29, 0.717) is 10.0 Å². The number of para-hydroxylation sites is 4. The van der Waals surface area contributed by atoms with Crippen molar-refractivity contribution in [2.75, 3.05) is 19.6 Å². The van der Waals surface area contributed by atoms with Gasteiger partial charge in [0.15, 0.2) is 0 Å². The molecule has 9 aromatic carbocycles. The Labute approximate surface area is 402 Å². The molecule has 2 heterocycles. The van der Waals surface area contributed by atoms with Gasteiger partial charge in [-0.25, -0.2) is 0 Å². The zero-order valence-corrected chi connectivity index (χ0v) is 38.6. The van der Waals surface area contributed by atoms with E-state index >= 15 is 0 Å². The molecular formula is C58H40Cl2N4S2. The molecular weight excluding hydrogens is 888 g/mol. The van der Waals surface area contributed by atoms with Crippen molar-refractivity contribution in [3.05, 3.63) is 251 Å². The first kappa shape index (κ1) is 41.4. The average molecular weight is 928 g/mol. The molecule has 0 aliphatic heterocycles. The van der Waals surface area contributed by atoms with E-state index < -0.39 is 0 Å². The number of benzene rings is 9. The molecule has 8 heteroatoms. The maximum Gasteiger partial charge on any atom is 0.0647 e. The van der Waals surface area contributed by atoms with Crippen LogP contribution in [0.5, 0.6) is 0 Å². The van der Waals surface area contributed by atoms with Gasteiger partial charge in [0.2, 0.25) is 0 Å². The first-order valence-electron chi connectivity index (χ1n) is 21.6. The lowest BCUT2D eigenvalue weighted by atomic mass is 10.1. The Morgan fingerprint density at radius 1 is 0.258 bits per heavy atom. The second kappa shape index (κ2) is 18.3. The Hall–Kier alpha value is -7.32. The van der Waals surface area contributed by atoms with E-state index in [4.69, 9.17) is 23.2 Å². The van der Waals surface area contributed by atoms with E-state index in [0.717, 1.165) is 68.2 Å². The van der Waals surface area contributed by atoms with E-state index in [1.54, 1.807) is 22.7 Å². The van der Waals surface area contributed by atoms with Crippen molar-refractivity contribution in [1.82, 2.24) is 0 Å². The molecule has 0 spiro atoms. The molecule has 2 aromatic heterocycles. The van der Waals surface area contributed by atoms with Crippen LogP contribution in [-0.4, -0.2) is 0 Å². The predicted molar refractivity (Wildman–Crippen MR) is 286 cm³/mol. The Kier molecular flexibility index (Phi) is 11.5. The second-order valence-electron chi connectivity index (χ2n) is 15.8. The van der Waals surface area contributed by atoms with E-state index in [1.807, 2.05) is 24.3 Å². The van der Waals surface area contributed by atoms with Crippen LogP contribution in [0, 0.1) is 0 Å². The van der Waals surface area contributed by atoms with E-state index in [1.165, 1.54) is 20.2 Å². The normalized spacial score (nSPS) is 11.2. The standard InChI is InChI=1S/C58H40Cl2N4S2/c59-41-32-49(37-51(34-41)63(45-22-9-3-10-23-45)55-39-65-57-30-15-13-28-53(55)57)61(43-18-5-1-6-19-43)47-26-17-27-48(36-47)62(44-20-7-2-8-21-44)50-33-42(60)35-52(38-50)64(46-24-11-4-12-25-46)56-40-66-58-31-16-14-29-54(56)58/h1-40H. The molecule has 0 fully saturated rings. The maximum absolute atomic E-state index is 7.22. The number of rotatable bonds is 12. The third-order valence-corrected chi connectivity index (χ3v) is 13.9. The number of anilines is 12. The van der Waals surface area contributed by atoms with Crippen LogP contribution < -0.4 is 19.6 Å². The fourth-order valence-corrected chi connectivity index (χ4v) is 11.0. The molecule has 4 nitrogen and oxygen atoms in total. The molecule has 0 aliphatic carbocycles. The molecule has 11 rings (SSSR count). The Balaban J connectivity index is 1.06. The third kappa shape index (κ3) is 8.17. The molecule has 318 valence electrons. The molecule has 0 radical (unpaired) electrons. The Bertz CT molecular complexity index is 3210. The lowest BCUT2D eigenvalue weighted by Crippen LogP contribution is -2.15. The van der Waals surface area contributed by atoms with Crippen LogP contribution in [-0.2, 0) is 0 Å². The SMILES string of the molecule is Clc1cc(N(c2ccccc2)c2cccc(N(c3ccccc3)c3cc(Cl)cc(N(c4ccccc4)c4csc5ccccc45)c3)c2)cc(N(c2ccccc2)c2csc3ccccc23)c1. The largest absolute Gasteiger partial charge is 0.310 e. The summed E-state index contributed by atoms with van der Waals surface area (Å²) in [6.07, 6.45) is 0. The van der Waals surface area contributed by atoms with Crippen molar-refractivity contribution in [3.63, 3.8) is 0 Å². The predicted octanol–water partition coefficient (Wildman–Crippen LogP) is 19.3. The molecule has 0 saturated heterocycles. The van der Waals surface area contributed by atoms with Gasteiger partial charge in [0.05, 0.1) is 11.4 Å². The van der Waals surface area contributed by atoms with Gasteiger partial charge in [-0.3, -0.25) is 0 Å². The van der Waals surface area contributed by atoms with Crippen molar-refractivity contribution in [3.8, 4) is 0 Å². The summed E-state index contributed by atoms with van der Waals surface area (Å²) in [5.74, 6) is 0. The summed E-state index contributed by atoms with van der Waals surface area (Å²) in [5.41, 5.74) is 11.9. The van der Waals surface area contributed by atoms with Crippen molar-refractivity contribution in [2.45, 2.75) is 0 Å². The van der Waals surface area contributed by atoms with Gasteiger partial charge in [-0.1, -0.05) is 138 Å². The molecule has 0 atom stereocenters. The third-order valence-electron chi connectivity index (χ3n) is 11.6. The van der Waals surface area contributed by atoms with Gasteiger partial charge < -0.3 is 19.6 Å². The summed E-state index contributed by atoms with van der Waals surface area (Å²) in [5, 5.41) is 8.08. The summed E-state index contributed by atoms with van der Waals surface area (Å²) in [7, 11) is 0. The van der Waals surface area contributed by atoms with Gasteiger partial charge in [0, 0.05) is 97.9 Å². The highest BCUT2D eigenvalue weighted by molar-refractivity contribution is 7.18. The zero-order chi connectivity index (χ0) is 44.4. The van der Waals surface area contributed by atoms with Crippen LogP contribution in [0.3, 0.4) is 0 Å². The van der Waals surface area contributed by atoms with Gasteiger partial charge in [-0.05, 0) is 115 Å². The van der Waals surface area contributed by atoms with Crippen LogP contribution in [0.1, 0.15) is 0 Å². The summed E-state index contributed by atoms with van der Waals surface area (Å²) < 4.78 is 2.45. The summed E-state index contributed by atoms with van der Waals surface area (Å²) >= 11 is 17.9. The minimum absolute atomic E-state index is 0.624. The quantitative estimate of drug-likeness (QED) is 0.121. The van der Waals surface area contributed by atoms with Crippen molar-refractivity contribution in [1.29, 1.82) is 0 Å². The summed E-state index contributed by atoms with van der Waals surface area (Å²) in [4.78, 5) is 9.16. The van der Waals surface area contributed by atoms with E-state index in [9.17, 15) is 0 Å². The van der Waals surface area contributed by atoms with E-state index in [2.05, 4.69) is 237 Å². The molecule has 0 amide bonds. The number of fused-ring (bicyclic) bond motifs is 2. The highest BCUT2D eigenvalue weighted by Gasteiger charge is 2.24. The molecule has 66 heavy (non-hydrogen) atoms. The van der Waals surface area contributed by atoms with Gasteiger partial charge in [-0.2, -0.15) is 0 Å². The van der Waals surface area contributed by atoms with Crippen LogP contribution in [0.4, 0.5) is 68.2 Å². The number of halogens is 2. The molecule has 0 saturated carbocycles. The van der Waals surface area contributed by atoms with Gasteiger partial charge in [0.25, 0.3) is 0 Å². The van der Waals surface area contributed by atoms with Gasteiger partial charge in [0.1, 0.15) is 0 Å². The maximum atomic E-state index is 7.22. The Morgan fingerprint density at radius 2 is 0.545 bits per heavy atom. The van der Waals surface area contributed by atoms with E-state index in [-0.39, 0.29) is 0 Å². The molecule has 11 aromatic rings. The summed E-state index contributed by atoms with van der Waals surface area (Å²) in [6.45, 7) is 0. The Morgan fingerprint density at radius 3 is 0.924 bits per heavy atom. The smallest absolute Gasteiger partial charge is 0.0647 e. The minimum atomic E-state index is 0.624. The van der Waals surface area contributed by atoms with Crippen LogP contribution in [0.2, 0.25) is 10.0 Å². The fourth-order valence-electron chi connectivity index (χ4n) is 8.74. The van der Waals surface area contributed by atoms with Crippen LogP contribution in [0.25, 0.3) is 20.2 Å². The lowest BCUT2D eigenvalue weighted by Gasteiger charge is -2.31. The molecule has 0 bridgehead atoms. The van der Waals surface area contributed by atoms with Crippen molar-refractivity contribution in [2.24, 2.45) is 0 Å². The molecule has 0 N–H and O–H groups in total. The van der Waals surface area contributed by atoms with Crippen LogP contribution >= 0.6 is 45.9 Å². The molecule has 0 aliphatic rings. The average Bonchev–Trinajstić information content (AvgIpc) is 3.98. The van der Waals surface area contributed by atoms with Crippen molar-refractivity contribution >= 4 is 134 Å². The first-order chi connectivity index (χ1) is 32.6. The highest BCUT2D eigenvalue weighted by atomic mass is 35.5. The van der Waals surface area contributed by atoms with Gasteiger partial charge >= 0.3 is 0 Å². The summed E-state index contributed by atoms with van der Waals surface area (Å²) in [6, 6.07) is 80.4. The number of nitrogens with zero attached hydrogens (tertiary/aromatic N) is 4. The number of hydrogen-bond acceptors (Lipinski definition) is 6. The minimum Gasteiger partial charge on any atom is -0.310 e. The number of hydrogen-bond donors (Lipinski definition) is 0. The first-order valence-corrected chi connectivity index (χ1v) is 24.1. The monoisotopic (exact) mass is 926 g/mol. The number of thiophene rings is 2. The van der Waals surface area contributed by atoms with Gasteiger partial charge in [-0.15, -0.1) is 22.7 Å². The topological polar surface area (TPSA) is 13.0 Å². The van der Waals surface area contributed by atoms with Crippen molar-refractivity contribution < 1.29 is 0 Å². The highest BCUT2D eigenvalue weighted by Crippen LogP contribution is 2.48. The molecule has 0 unspecified atom stereocenters. The second-order valence-corrected chi connectivity index (χ2v) is 18.5. The lowest BCUT2D eigenvalue weighted by molar-refractivity contribution is 1.23. The fraction of sp³-hybridized carbons (Fsp3) is 0. The van der Waals surface area contributed by atoms with Crippen LogP contribution in [0.15, 0.2) is 241 Å². The zero-order valence-electron chi connectivity index (χ0n) is 35.5.